The number of aromatic nitrogens is 3. The Morgan fingerprint density at radius 1 is 1.15 bits per heavy atom. The van der Waals surface area contributed by atoms with Crippen molar-refractivity contribution >= 4 is 34.8 Å². The topological polar surface area (TPSA) is 66.6 Å². The van der Waals surface area contributed by atoms with Gasteiger partial charge in [-0.15, -0.1) is 10.2 Å². The summed E-state index contributed by atoms with van der Waals surface area (Å²) in [6, 6.07) is 11.3. The first-order chi connectivity index (χ1) is 12.7. The van der Waals surface area contributed by atoms with Gasteiger partial charge in [-0.25, -0.2) is 4.99 Å². The lowest BCUT2D eigenvalue weighted by atomic mass is 10.2. The molecule has 2 N–H and O–H groups in total. The predicted octanol–water partition coefficient (Wildman–Crippen LogP) is 3.33. The standard InChI is InChI=1S/C18H20Cl2N6/c1-2-21-18(23-12-13-6-7-14(19)11-15(13)20)22-9-8-17-25-24-16-5-3-4-10-26(16)17/h3-7,10-11H,2,8-9,12H2,1H3,(H2,21,22,23). The van der Waals surface area contributed by atoms with Gasteiger partial charge in [-0.1, -0.05) is 35.3 Å². The highest BCUT2D eigenvalue weighted by Gasteiger charge is 2.06. The van der Waals surface area contributed by atoms with E-state index in [1.807, 2.05) is 47.9 Å². The molecule has 1 aromatic carbocycles. The van der Waals surface area contributed by atoms with Gasteiger partial charge >= 0.3 is 0 Å². The molecule has 0 radical (unpaired) electrons. The summed E-state index contributed by atoms with van der Waals surface area (Å²) in [7, 11) is 0. The van der Waals surface area contributed by atoms with Crippen LogP contribution in [0.1, 0.15) is 18.3 Å². The van der Waals surface area contributed by atoms with Gasteiger partial charge in [0.2, 0.25) is 0 Å². The zero-order valence-corrected chi connectivity index (χ0v) is 15.9. The van der Waals surface area contributed by atoms with E-state index in [0.29, 0.717) is 23.1 Å². The van der Waals surface area contributed by atoms with Crippen LogP contribution in [0.15, 0.2) is 47.6 Å². The second-order valence-electron chi connectivity index (χ2n) is 5.65. The Balaban J connectivity index is 1.61. The van der Waals surface area contributed by atoms with Crippen LogP contribution in [0, 0.1) is 0 Å². The van der Waals surface area contributed by atoms with Crippen LogP contribution in [0.5, 0.6) is 0 Å². The van der Waals surface area contributed by atoms with Crippen molar-refractivity contribution in [1.82, 2.24) is 25.2 Å². The maximum absolute atomic E-state index is 6.20. The van der Waals surface area contributed by atoms with E-state index in [2.05, 4.69) is 25.8 Å². The monoisotopic (exact) mass is 390 g/mol. The van der Waals surface area contributed by atoms with Gasteiger partial charge in [0.25, 0.3) is 0 Å². The zero-order valence-electron chi connectivity index (χ0n) is 14.4. The van der Waals surface area contributed by atoms with E-state index in [1.165, 1.54) is 0 Å². The molecule has 2 aromatic heterocycles. The van der Waals surface area contributed by atoms with E-state index in [0.717, 1.165) is 36.0 Å². The van der Waals surface area contributed by atoms with Gasteiger partial charge in [0.05, 0.1) is 6.54 Å². The third-order valence-electron chi connectivity index (χ3n) is 3.79. The maximum Gasteiger partial charge on any atom is 0.191 e. The maximum atomic E-state index is 6.20. The van der Waals surface area contributed by atoms with Crippen LogP contribution < -0.4 is 10.6 Å². The molecule has 3 rings (SSSR count). The minimum atomic E-state index is 0.471. The van der Waals surface area contributed by atoms with Crippen molar-refractivity contribution < 1.29 is 0 Å². The predicted molar refractivity (Wildman–Crippen MR) is 106 cm³/mol. The summed E-state index contributed by atoms with van der Waals surface area (Å²) in [5, 5.41) is 16.2. The second kappa shape index (κ2) is 8.87. The molecule has 6 nitrogen and oxygen atoms in total. The Labute approximate surface area is 162 Å². The average Bonchev–Trinajstić information content (AvgIpc) is 3.04. The number of hydrogen-bond donors (Lipinski definition) is 2. The highest BCUT2D eigenvalue weighted by molar-refractivity contribution is 6.35. The molecule has 0 aliphatic carbocycles. The third-order valence-corrected chi connectivity index (χ3v) is 4.38. The van der Waals surface area contributed by atoms with Gasteiger partial charge in [0, 0.05) is 35.8 Å². The summed E-state index contributed by atoms with van der Waals surface area (Å²) in [6.07, 6.45) is 2.70. The minimum Gasteiger partial charge on any atom is -0.357 e. The lowest BCUT2D eigenvalue weighted by molar-refractivity contribution is 0.763. The van der Waals surface area contributed by atoms with Gasteiger partial charge in [-0.3, -0.25) is 4.40 Å². The molecule has 0 saturated carbocycles. The Bertz CT molecular complexity index is 906. The minimum absolute atomic E-state index is 0.471. The highest BCUT2D eigenvalue weighted by atomic mass is 35.5. The van der Waals surface area contributed by atoms with Crippen LogP contribution in [0.25, 0.3) is 5.65 Å². The Morgan fingerprint density at radius 2 is 2.04 bits per heavy atom. The summed E-state index contributed by atoms with van der Waals surface area (Å²) in [6.45, 7) is 3.96. The van der Waals surface area contributed by atoms with Gasteiger partial charge < -0.3 is 10.6 Å². The van der Waals surface area contributed by atoms with E-state index in [4.69, 9.17) is 23.2 Å². The Kier molecular flexibility index (Phi) is 6.30. The van der Waals surface area contributed by atoms with Crippen LogP contribution in [0.2, 0.25) is 10.0 Å². The van der Waals surface area contributed by atoms with Crippen molar-refractivity contribution in [3.8, 4) is 0 Å². The summed E-state index contributed by atoms with van der Waals surface area (Å²) in [5.74, 6) is 1.64. The molecule has 0 bridgehead atoms. The van der Waals surface area contributed by atoms with Crippen LogP contribution in [0.4, 0.5) is 0 Å². The van der Waals surface area contributed by atoms with Crippen LogP contribution in [-0.4, -0.2) is 33.6 Å². The molecule has 0 saturated heterocycles. The summed E-state index contributed by atoms with van der Waals surface area (Å²) in [4.78, 5) is 4.58. The zero-order chi connectivity index (χ0) is 18.4. The van der Waals surface area contributed by atoms with E-state index in [-0.39, 0.29) is 0 Å². The molecular weight excluding hydrogens is 371 g/mol. The van der Waals surface area contributed by atoms with Crippen molar-refractivity contribution in [3.05, 3.63) is 64.0 Å². The molecule has 0 unspecified atom stereocenters. The first-order valence-electron chi connectivity index (χ1n) is 8.42. The number of rotatable bonds is 6. The van der Waals surface area contributed by atoms with E-state index >= 15 is 0 Å². The fraction of sp³-hybridized carbons (Fsp3) is 0.278. The molecule has 2 heterocycles. The molecule has 0 aliphatic heterocycles. The van der Waals surface area contributed by atoms with Crippen molar-refractivity contribution in [3.63, 3.8) is 0 Å². The molecule has 0 amide bonds. The fourth-order valence-electron chi connectivity index (χ4n) is 2.51. The number of benzene rings is 1. The number of nitrogens with zero attached hydrogens (tertiary/aromatic N) is 4. The first-order valence-corrected chi connectivity index (χ1v) is 9.17. The molecule has 26 heavy (non-hydrogen) atoms. The molecule has 0 atom stereocenters. The van der Waals surface area contributed by atoms with Crippen LogP contribution in [-0.2, 0) is 13.0 Å². The summed E-state index contributed by atoms with van der Waals surface area (Å²) < 4.78 is 1.99. The molecule has 8 heteroatoms. The van der Waals surface area contributed by atoms with Crippen LogP contribution >= 0.6 is 23.2 Å². The lowest BCUT2D eigenvalue weighted by Crippen LogP contribution is -2.38. The Morgan fingerprint density at radius 3 is 2.85 bits per heavy atom. The van der Waals surface area contributed by atoms with Gasteiger partial charge in [-0.05, 0) is 36.8 Å². The average molecular weight is 391 g/mol. The van der Waals surface area contributed by atoms with Crippen molar-refractivity contribution in [2.45, 2.75) is 19.9 Å². The SMILES string of the molecule is CCNC(=NCc1ccc(Cl)cc1Cl)NCCc1nnc2ccccn12. The number of halogens is 2. The lowest BCUT2D eigenvalue weighted by Gasteiger charge is -2.11. The Hall–Kier alpha value is -2.31. The van der Waals surface area contributed by atoms with E-state index in [1.54, 1.807) is 6.07 Å². The summed E-state index contributed by atoms with van der Waals surface area (Å²) in [5.41, 5.74) is 1.78. The molecule has 0 aliphatic rings. The molecule has 0 fully saturated rings. The smallest absolute Gasteiger partial charge is 0.191 e. The highest BCUT2D eigenvalue weighted by Crippen LogP contribution is 2.21. The number of fused-ring (bicyclic) bond motifs is 1. The van der Waals surface area contributed by atoms with E-state index < -0.39 is 0 Å². The number of nitrogens with one attached hydrogen (secondary N) is 2. The largest absolute Gasteiger partial charge is 0.357 e. The number of pyridine rings is 1. The first kappa shape index (κ1) is 18.5. The summed E-state index contributed by atoms with van der Waals surface area (Å²) >= 11 is 12.1. The molecule has 3 aromatic rings. The van der Waals surface area contributed by atoms with Gasteiger partial charge in [0.1, 0.15) is 5.82 Å². The third kappa shape index (κ3) is 4.65. The van der Waals surface area contributed by atoms with Crippen molar-refractivity contribution in [1.29, 1.82) is 0 Å². The van der Waals surface area contributed by atoms with Crippen molar-refractivity contribution in [2.24, 2.45) is 4.99 Å². The molecule has 0 spiro atoms. The van der Waals surface area contributed by atoms with Gasteiger partial charge in [-0.2, -0.15) is 0 Å². The van der Waals surface area contributed by atoms with Crippen molar-refractivity contribution in [2.75, 3.05) is 13.1 Å². The second-order valence-corrected chi connectivity index (χ2v) is 6.50. The molecule has 136 valence electrons. The van der Waals surface area contributed by atoms with E-state index in [9.17, 15) is 0 Å². The molecular formula is C18H20Cl2N6. The van der Waals surface area contributed by atoms with Crippen LogP contribution in [0.3, 0.4) is 0 Å². The number of aliphatic imine (C=N–C) groups is 1. The number of hydrogen-bond acceptors (Lipinski definition) is 3. The van der Waals surface area contributed by atoms with Gasteiger partial charge in [0.15, 0.2) is 11.6 Å². The quantitative estimate of drug-likeness (QED) is 0.500. The normalized spacial score (nSPS) is 11.7. The fourth-order valence-corrected chi connectivity index (χ4v) is 2.98. The number of guanidine groups is 1.